The van der Waals surface area contributed by atoms with Gasteiger partial charge in [0.2, 0.25) is 5.91 Å². The molecule has 0 bridgehead atoms. The molecule has 2 aliphatic heterocycles. The summed E-state index contributed by atoms with van der Waals surface area (Å²) in [6.45, 7) is 5.33. The number of morpholine rings is 1. The molecule has 6 heteroatoms. The van der Waals surface area contributed by atoms with Gasteiger partial charge < -0.3 is 19.9 Å². The van der Waals surface area contributed by atoms with Crippen LogP contribution in [-0.2, 0) is 14.3 Å². The third-order valence-corrected chi connectivity index (χ3v) is 5.78. The minimum atomic E-state index is 0.243. The first-order valence-electron chi connectivity index (χ1n) is 9.72. The summed E-state index contributed by atoms with van der Waals surface area (Å²) in [7, 11) is 0. The molecule has 0 radical (unpaired) electrons. The fraction of sp³-hybridized carbons (Fsp3) is 0.889. The Morgan fingerprint density at radius 1 is 1.00 bits per heavy atom. The van der Waals surface area contributed by atoms with Crippen LogP contribution in [0.3, 0.4) is 0 Å². The van der Waals surface area contributed by atoms with Crippen molar-refractivity contribution in [2.75, 3.05) is 45.9 Å². The van der Waals surface area contributed by atoms with Gasteiger partial charge in [-0.1, -0.05) is 19.3 Å². The molecular weight excluding hydrogens is 306 g/mol. The van der Waals surface area contributed by atoms with Gasteiger partial charge in [-0.25, -0.2) is 0 Å². The first-order chi connectivity index (χ1) is 11.7. The number of amides is 2. The molecule has 0 aromatic heterocycles. The van der Waals surface area contributed by atoms with Gasteiger partial charge in [-0.3, -0.25) is 9.59 Å². The van der Waals surface area contributed by atoms with Gasteiger partial charge >= 0.3 is 0 Å². The number of carbonyl (C=O) groups is 2. The van der Waals surface area contributed by atoms with Crippen molar-refractivity contribution in [3.05, 3.63) is 0 Å². The number of nitrogens with zero attached hydrogens (tertiary/aromatic N) is 1. The highest BCUT2D eigenvalue weighted by atomic mass is 16.5. The molecule has 24 heavy (non-hydrogen) atoms. The summed E-state index contributed by atoms with van der Waals surface area (Å²) < 4.78 is 5.30. The minimum absolute atomic E-state index is 0.243. The predicted octanol–water partition coefficient (Wildman–Crippen LogP) is -0.411. The van der Waals surface area contributed by atoms with E-state index in [1.54, 1.807) is 0 Å². The lowest BCUT2D eigenvalue weighted by Crippen LogP contribution is -3.14. The van der Waals surface area contributed by atoms with Crippen LogP contribution in [0.5, 0.6) is 0 Å². The lowest BCUT2D eigenvalue weighted by atomic mass is 9.88. The molecule has 2 amide bonds. The summed E-state index contributed by atoms with van der Waals surface area (Å²) in [6, 6.07) is 0.307. The number of hydrogen-bond donors (Lipinski definition) is 2. The van der Waals surface area contributed by atoms with Gasteiger partial charge in [0.05, 0.1) is 26.3 Å². The van der Waals surface area contributed by atoms with E-state index in [0.717, 1.165) is 51.9 Å². The van der Waals surface area contributed by atoms with Crippen LogP contribution in [0.4, 0.5) is 0 Å². The van der Waals surface area contributed by atoms with Gasteiger partial charge in [0.15, 0.2) is 6.54 Å². The SMILES string of the molecule is O=C(NC1CC[NH+](CC(=O)N2CCOCC2)CC1)C1CCCCC1. The summed E-state index contributed by atoms with van der Waals surface area (Å²) >= 11 is 0. The number of ether oxygens (including phenoxy) is 1. The normalized spacial score (nSPS) is 29.2. The number of quaternary nitrogens is 1. The average molecular weight is 338 g/mol. The van der Waals surface area contributed by atoms with E-state index in [0.29, 0.717) is 25.8 Å². The maximum atomic E-state index is 12.3. The summed E-state index contributed by atoms with van der Waals surface area (Å²) in [5.41, 5.74) is 0. The lowest BCUT2D eigenvalue weighted by Gasteiger charge is -2.33. The van der Waals surface area contributed by atoms with Crippen molar-refractivity contribution >= 4 is 11.8 Å². The molecule has 0 aromatic carbocycles. The molecule has 2 heterocycles. The summed E-state index contributed by atoms with van der Waals surface area (Å²) in [6.07, 6.45) is 7.78. The molecule has 0 unspecified atom stereocenters. The van der Waals surface area contributed by atoms with Gasteiger partial charge in [-0.05, 0) is 12.8 Å². The van der Waals surface area contributed by atoms with E-state index in [4.69, 9.17) is 4.74 Å². The second-order valence-electron chi connectivity index (χ2n) is 7.54. The second kappa shape index (κ2) is 8.81. The Bertz CT molecular complexity index is 383. The average Bonchev–Trinajstić information content (AvgIpc) is 2.65. The van der Waals surface area contributed by atoms with Crippen LogP contribution in [0, 0.1) is 5.92 Å². The van der Waals surface area contributed by atoms with E-state index in [-0.39, 0.29) is 17.7 Å². The molecule has 1 saturated carbocycles. The third-order valence-electron chi connectivity index (χ3n) is 5.78. The Morgan fingerprint density at radius 2 is 1.67 bits per heavy atom. The molecule has 1 aliphatic carbocycles. The lowest BCUT2D eigenvalue weighted by molar-refractivity contribution is -0.897. The quantitative estimate of drug-likeness (QED) is 0.732. The largest absolute Gasteiger partial charge is 0.378 e. The zero-order chi connectivity index (χ0) is 16.8. The number of carbonyl (C=O) groups excluding carboxylic acids is 2. The highest BCUT2D eigenvalue weighted by Gasteiger charge is 2.29. The molecule has 3 rings (SSSR count). The van der Waals surface area contributed by atoms with Crippen molar-refractivity contribution < 1.29 is 19.2 Å². The van der Waals surface area contributed by atoms with Gasteiger partial charge in [0.1, 0.15) is 0 Å². The van der Waals surface area contributed by atoms with E-state index in [2.05, 4.69) is 5.32 Å². The van der Waals surface area contributed by atoms with E-state index >= 15 is 0 Å². The van der Waals surface area contributed by atoms with Crippen molar-refractivity contribution in [1.29, 1.82) is 0 Å². The summed E-state index contributed by atoms with van der Waals surface area (Å²) in [5.74, 6) is 0.762. The Labute approximate surface area is 144 Å². The molecule has 2 N–H and O–H groups in total. The summed E-state index contributed by atoms with van der Waals surface area (Å²) in [4.78, 5) is 27.9. The van der Waals surface area contributed by atoms with Gasteiger partial charge in [-0.2, -0.15) is 0 Å². The monoisotopic (exact) mass is 338 g/mol. The maximum Gasteiger partial charge on any atom is 0.277 e. The van der Waals surface area contributed by atoms with E-state index in [1.807, 2.05) is 4.90 Å². The van der Waals surface area contributed by atoms with E-state index < -0.39 is 0 Å². The van der Waals surface area contributed by atoms with Crippen LogP contribution in [0.25, 0.3) is 0 Å². The molecule has 136 valence electrons. The van der Waals surface area contributed by atoms with E-state index in [1.165, 1.54) is 24.2 Å². The number of piperidine rings is 1. The first kappa shape index (κ1) is 17.7. The molecule has 3 aliphatic rings. The van der Waals surface area contributed by atoms with Gasteiger partial charge in [-0.15, -0.1) is 0 Å². The van der Waals surface area contributed by atoms with Crippen LogP contribution in [0.2, 0.25) is 0 Å². The molecule has 2 saturated heterocycles. The molecule has 0 atom stereocenters. The molecule has 0 aromatic rings. The fourth-order valence-corrected chi connectivity index (χ4v) is 4.17. The smallest absolute Gasteiger partial charge is 0.277 e. The standard InChI is InChI=1S/C18H31N3O3/c22-17(21-10-12-24-13-11-21)14-20-8-6-16(7-9-20)19-18(23)15-4-2-1-3-5-15/h15-16H,1-14H2,(H,19,23)/p+1. The van der Waals surface area contributed by atoms with Crippen molar-refractivity contribution in [3.8, 4) is 0 Å². The zero-order valence-corrected chi connectivity index (χ0v) is 14.7. The molecule has 6 nitrogen and oxygen atoms in total. The third kappa shape index (κ3) is 4.93. The van der Waals surface area contributed by atoms with Crippen molar-refractivity contribution in [2.24, 2.45) is 5.92 Å². The number of hydrogen-bond acceptors (Lipinski definition) is 3. The Hall–Kier alpha value is -1.14. The highest BCUT2D eigenvalue weighted by molar-refractivity contribution is 5.79. The Balaban J connectivity index is 1.36. The first-order valence-corrected chi connectivity index (χ1v) is 9.72. The zero-order valence-electron chi connectivity index (χ0n) is 14.7. The van der Waals surface area contributed by atoms with Crippen LogP contribution in [0.1, 0.15) is 44.9 Å². The highest BCUT2D eigenvalue weighted by Crippen LogP contribution is 2.23. The van der Waals surface area contributed by atoms with Gasteiger partial charge in [0.25, 0.3) is 5.91 Å². The van der Waals surface area contributed by atoms with Crippen molar-refractivity contribution in [1.82, 2.24) is 10.2 Å². The van der Waals surface area contributed by atoms with Crippen molar-refractivity contribution in [2.45, 2.75) is 51.0 Å². The number of nitrogens with one attached hydrogen (secondary N) is 2. The maximum absolute atomic E-state index is 12.3. The van der Waals surface area contributed by atoms with Crippen LogP contribution < -0.4 is 10.2 Å². The van der Waals surface area contributed by atoms with Crippen LogP contribution in [0.15, 0.2) is 0 Å². The predicted molar refractivity (Wildman–Crippen MR) is 90.7 cm³/mol. The topological polar surface area (TPSA) is 63.1 Å². The molecule has 3 fully saturated rings. The van der Waals surface area contributed by atoms with E-state index in [9.17, 15) is 9.59 Å². The van der Waals surface area contributed by atoms with Gasteiger partial charge in [0, 0.05) is 37.9 Å². The minimum Gasteiger partial charge on any atom is -0.378 e. The number of likely N-dealkylation sites (tertiary alicyclic amines) is 1. The van der Waals surface area contributed by atoms with Crippen LogP contribution >= 0.6 is 0 Å². The Morgan fingerprint density at radius 3 is 2.33 bits per heavy atom. The second-order valence-corrected chi connectivity index (χ2v) is 7.54. The Kier molecular flexibility index (Phi) is 6.49. The molecular formula is C18H32N3O3+. The number of rotatable bonds is 4. The fourth-order valence-electron chi connectivity index (χ4n) is 4.17. The summed E-state index contributed by atoms with van der Waals surface area (Å²) in [5, 5.41) is 3.26. The van der Waals surface area contributed by atoms with Crippen LogP contribution in [-0.4, -0.2) is 68.7 Å². The molecule has 0 spiro atoms. The van der Waals surface area contributed by atoms with Crippen molar-refractivity contribution in [3.63, 3.8) is 0 Å².